The van der Waals surface area contributed by atoms with Crippen molar-refractivity contribution in [1.82, 2.24) is 0 Å². The van der Waals surface area contributed by atoms with Crippen LogP contribution in [0.1, 0.15) is 41.5 Å². The van der Waals surface area contributed by atoms with Gasteiger partial charge in [0.2, 0.25) is 0 Å². The maximum atomic E-state index is 6.00. The van der Waals surface area contributed by atoms with Gasteiger partial charge in [0.05, 0.1) is 11.8 Å². The molecule has 0 bridgehead atoms. The average Bonchev–Trinajstić information content (AvgIpc) is 2.29. The molecule has 3 nitrogen and oxygen atoms in total. The molecule has 0 amide bonds. The van der Waals surface area contributed by atoms with E-state index in [1.54, 1.807) is 0 Å². The van der Waals surface area contributed by atoms with Gasteiger partial charge in [-0.15, -0.1) is 0 Å². The third kappa shape index (κ3) is 5.32. The number of nitrogen functional groups attached to an aromatic ring is 1. The number of hydrogen-bond acceptors (Lipinski definition) is 3. The van der Waals surface area contributed by atoms with E-state index >= 15 is 0 Å². The molecule has 0 heterocycles. The van der Waals surface area contributed by atoms with E-state index in [2.05, 4.69) is 44.7 Å². The Kier molecular flexibility index (Phi) is 6.18. The second-order valence-electron chi connectivity index (χ2n) is 6.58. The molecule has 0 saturated heterocycles. The van der Waals surface area contributed by atoms with Crippen LogP contribution in [0.3, 0.4) is 0 Å². The first-order valence-corrected chi connectivity index (χ1v) is 7.60. The van der Waals surface area contributed by atoms with Crippen molar-refractivity contribution < 1.29 is 4.74 Å². The minimum atomic E-state index is 0.135. The monoisotopic (exact) mass is 278 g/mol. The van der Waals surface area contributed by atoms with E-state index in [4.69, 9.17) is 10.5 Å². The molecule has 0 atom stereocenters. The molecule has 1 aromatic rings. The second kappa shape index (κ2) is 7.41. The molecule has 0 fully saturated rings. The van der Waals surface area contributed by atoms with E-state index in [1.165, 1.54) is 5.69 Å². The minimum Gasteiger partial charge on any atom is -0.489 e. The van der Waals surface area contributed by atoms with Crippen LogP contribution in [0.5, 0.6) is 5.75 Å². The Labute approximate surface area is 124 Å². The van der Waals surface area contributed by atoms with Gasteiger partial charge >= 0.3 is 0 Å². The van der Waals surface area contributed by atoms with Crippen molar-refractivity contribution in [2.75, 3.05) is 23.7 Å². The van der Waals surface area contributed by atoms with Crippen LogP contribution in [-0.2, 0) is 0 Å². The summed E-state index contributed by atoms with van der Waals surface area (Å²) in [6.07, 6.45) is 0.135. The summed E-state index contributed by atoms with van der Waals surface area (Å²) in [6, 6.07) is 6.11. The Bertz CT molecular complexity index is 403. The first-order chi connectivity index (χ1) is 9.29. The second-order valence-corrected chi connectivity index (χ2v) is 6.58. The lowest BCUT2D eigenvalue weighted by Gasteiger charge is -2.29. The fourth-order valence-corrected chi connectivity index (χ4v) is 2.24. The van der Waals surface area contributed by atoms with Crippen molar-refractivity contribution in [3.8, 4) is 5.75 Å². The quantitative estimate of drug-likeness (QED) is 0.761. The maximum absolute atomic E-state index is 6.00. The van der Waals surface area contributed by atoms with Gasteiger partial charge in [0.15, 0.2) is 0 Å². The lowest BCUT2D eigenvalue weighted by molar-refractivity contribution is 0.244. The highest BCUT2D eigenvalue weighted by Gasteiger charge is 2.13. The number of rotatable bonds is 7. The summed E-state index contributed by atoms with van der Waals surface area (Å²) in [5.41, 5.74) is 7.89. The Balaban J connectivity index is 3.00. The summed E-state index contributed by atoms with van der Waals surface area (Å²) in [5.74, 6) is 2.04. The van der Waals surface area contributed by atoms with Crippen LogP contribution < -0.4 is 15.4 Å². The molecule has 0 aliphatic carbocycles. The zero-order chi connectivity index (χ0) is 15.3. The van der Waals surface area contributed by atoms with Crippen LogP contribution in [0.2, 0.25) is 0 Å². The molecule has 0 aliphatic rings. The predicted octanol–water partition coefficient (Wildman–Crippen LogP) is 4.17. The van der Waals surface area contributed by atoms with Crippen molar-refractivity contribution in [1.29, 1.82) is 0 Å². The van der Waals surface area contributed by atoms with Crippen LogP contribution in [0.4, 0.5) is 11.4 Å². The van der Waals surface area contributed by atoms with Crippen molar-refractivity contribution >= 4 is 11.4 Å². The average molecular weight is 278 g/mol. The van der Waals surface area contributed by atoms with Crippen molar-refractivity contribution in [3.05, 3.63) is 18.2 Å². The summed E-state index contributed by atoms with van der Waals surface area (Å²) in [6.45, 7) is 15.1. The van der Waals surface area contributed by atoms with Gasteiger partial charge in [0.1, 0.15) is 5.75 Å². The molecule has 0 aliphatic heterocycles. The maximum Gasteiger partial charge on any atom is 0.144 e. The Morgan fingerprint density at radius 3 is 2.00 bits per heavy atom. The van der Waals surface area contributed by atoms with Gasteiger partial charge in [0.25, 0.3) is 0 Å². The van der Waals surface area contributed by atoms with Crippen LogP contribution >= 0.6 is 0 Å². The summed E-state index contributed by atoms with van der Waals surface area (Å²) in [5, 5.41) is 0. The van der Waals surface area contributed by atoms with Crippen LogP contribution in [-0.4, -0.2) is 19.2 Å². The minimum absolute atomic E-state index is 0.135. The number of nitrogens with zero attached hydrogens (tertiary/aromatic N) is 1. The fourth-order valence-electron chi connectivity index (χ4n) is 2.24. The van der Waals surface area contributed by atoms with E-state index in [1.807, 2.05) is 19.9 Å². The molecule has 0 saturated carbocycles. The summed E-state index contributed by atoms with van der Waals surface area (Å²) in [4.78, 5) is 2.42. The highest BCUT2D eigenvalue weighted by molar-refractivity contribution is 5.62. The normalized spacial score (nSPS) is 11.4. The Hall–Kier alpha value is -1.38. The fraction of sp³-hybridized carbons (Fsp3) is 0.647. The molecule has 2 N–H and O–H groups in total. The molecule has 1 rings (SSSR count). The van der Waals surface area contributed by atoms with Gasteiger partial charge in [-0.2, -0.15) is 0 Å². The number of anilines is 2. The highest BCUT2D eigenvalue weighted by atomic mass is 16.5. The molecule has 0 aromatic heterocycles. The third-order valence-electron chi connectivity index (χ3n) is 2.90. The van der Waals surface area contributed by atoms with Crippen LogP contribution in [0.15, 0.2) is 18.2 Å². The number of hydrogen-bond donors (Lipinski definition) is 1. The van der Waals surface area contributed by atoms with Gasteiger partial charge in [-0.1, -0.05) is 27.7 Å². The smallest absolute Gasteiger partial charge is 0.144 e. The van der Waals surface area contributed by atoms with Crippen molar-refractivity contribution in [3.63, 3.8) is 0 Å². The van der Waals surface area contributed by atoms with Crippen LogP contribution in [0.25, 0.3) is 0 Å². The SMILES string of the molecule is CC(C)CN(CC(C)C)c1ccc(N)c(OC(C)C)c1. The lowest BCUT2D eigenvalue weighted by Crippen LogP contribution is -2.31. The van der Waals surface area contributed by atoms with Crippen molar-refractivity contribution in [2.24, 2.45) is 11.8 Å². The van der Waals surface area contributed by atoms with Gasteiger partial charge in [-0.3, -0.25) is 0 Å². The number of benzene rings is 1. The van der Waals surface area contributed by atoms with Gasteiger partial charge in [0, 0.05) is 24.8 Å². The van der Waals surface area contributed by atoms with Crippen LogP contribution in [0, 0.1) is 11.8 Å². The zero-order valence-corrected chi connectivity index (χ0v) is 13.8. The first kappa shape index (κ1) is 16.7. The molecule has 0 unspecified atom stereocenters. The molecule has 0 spiro atoms. The molecular weight excluding hydrogens is 248 g/mol. The first-order valence-electron chi connectivity index (χ1n) is 7.60. The Morgan fingerprint density at radius 1 is 1.00 bits per heavy atom. The lowest BCUT2D eigenvalue weighted by atomic mass is 10.1. The molecule has 114 valence electrons. The highest BCUT2D eigenvalue weighted by Crippen LogP contribution is 2.29. The third-order valence-corrected chi connectivity index (χ3v) is 2.90. The zero-order valence-electron chi connectivity index (χ0n) is 13.8. The largest absolute Gasteiger partial charge is 0.489 e. The van der Waals surface area contributed by atoms with Gasteiger partial charge in [-0.05, 0) is 37.8 Å². The topological polar surface area (TPSA) is 38.5 Å². The van der Waals surface area contributed by atoms with Gasteiger partial charge in [-0.25, -0.2) is 0 Å². The summed E-state index contributed by atoms with van der Waals surface area (Å²) >= 11 is 0. The van der Waals surface area contributed by atoms with E-state index < -0.39 is 0 Å². The molecule has 0 radical (unpaired) electrons. The number of ether oxygens (including phenoxy) is 1. The molecular formula is C17H30N2O. The van der Waals surface area contributed by atoms with E-state index in [0.29, 0.717) is 17.5 Å². The van der Waals surface area contributed by atoms with E-state index in [-0.39, 0.29) is 6.10 Å². The Morgan fingerprint density at radius 2 is 1.55 bits per heavy atom. The molecule has 1 aromatic carbocycles. The predicted molar refractivity (Wildman–Crippen MR) is 88.5 cm³/mol. The summed E-state index contributed by atoms with van der Waals surface area (Å²) in [7, 11) is 0. The van der Waals surface area contributed by atoms with Crippen molar-refractivity contribution in [2.45, 2.75) is 47.6 Å². The van der Waals surface area contributed by atoms with E-state index in [9.17, 15) is 0 Å². The van der Waals surface area contributed by atoms with E-state index in [0.717, 1.165) is 18.8 Å². The summed E-state index contributed by atoms with van der Waals surface area (Å²) < 4.78 is 5.79. The number of nitrogens with two attached hydrogens (primary N) is 1. The van der Waals surface area contributed by atoms with Gasteiger partial charge < -0.3 is 15.4 Å². The standard InChI is InChI=1S/C17H30N2O/c1-12(2)10-19(11-13(3)4)15-7-8-16(18)17(9-15)20-14(5)6/h7-9,12-14H,10-11,18H2,1-6H3. The molecule has 20 heavy (non-hydrogen) atoms. The molecule has 3 heteroatoms.